The fourth-order valence-corrected chi connectivity index (χ4v) is 2.26. The van der Waals surface area contributed by atoms with Gasteiger partial charge in [0.05, 0.1) is 11.9 Å². The van der Waals surface area contributed by atoms with Crippen molar-refractivity contribution in [3.8, 4) is 5.75 Å². The van der Waals surface area contributed by atoms with Crippen molar-refractivity contribution in [3.63, 3.8) is 0 Å². The molecule has 0 bridgehead atoms. The highest BCUT2D eigenvalue weighted by Crippen LogP contribution is 2.11. The van der Waals surface area contributed by atoms with Crippen molar-refractivity contribution >= 4 is 0 Å². The fourth-order valence-electron chi connectivity index (χ4n) is 2.26. The standard InChI is InChI=1S/C14H23N3O/c1-15-11-13-5-6-14(12-16-13)18-10-9-17-7-3-2-4-8-17/h5-6,12,15H,2-4,7-11H2,1H3. The van der Waals surface area contributed by atoms with Crippen LogP contribution in [0.15, 0.2) is 18.3 Å². The van der Waals surface area contributed by atoms with Crippen LogP contribution >= 0.6 is 0 Å². The minimum Gasteiger partial charge on any atom is -0.491 e. The molecule has 4 heteroatoms. The first kappa shape index (κ1) is 13.3. The number of ether oxygens (including phenoxy) is 1. The van der Waals surface area contributed by atoms with Crippen LogP contribution in [0.2, 0.25) is 0 Å². The summed E-state index contributed by atoms with van der Waals surface area (Å²) in [6.45, 7) is 5.03. The summed E-state index contributed by atoms with van der Waals surface area (Å²) < 4.78 is 5.72. The quantitative estimate of drug-likeness (QED) is 0.832. The van der Waals surface area contributed by atoms with Crippen LogP contribution in [-0.4, -0.2) is 43.2 Å². The smallest absolute Gasteiger partial charge is 0.137 e. The van der Waals surface area contributed by atoms with Crippen molar-refractivity contribution in [1.82, 2.24) is 15.2 Å². The monoisotopic (exact) mass is 249 g/mol. The second kappa shape index (κ2) is 7.34. The number of nitrogens with one attached hydrogen (secondary N) is 1. The van der Waals surface area contributed by atoms with E-state index in [0.717, 1.165) is 31.1 Å². The van der Waals surface area contributed by atoms with Crippen LogP contribution in [0.3, 0.4) is 0 Å². The zero-order valence-corrected chi connectivity index (χ0v) is 11.2. The summed E-state index contributed by atoms with van der Waals surface area (Å²) in [5.74, 6) is 0.867. The third-order valence-corrected chi connectivity index (χ3v) is 3.28. The van der Waals surface area contributed by atoms with Gasteiger partial charge in [0.15, 0.2) is 0 Å². The van der Waals surface area contributed by atoms with Crippen LogP contribution in [0, 0.1) is 0 Å². The van der Waals surface area contributed by atoms with Gasteiger partial charge in [0.25, 0.3) is 0 Å². The molecule has 0 aliphatic carbocycles. The van der Waals surface area contributed by atoms with Gasteiger partial charge in [-0.05, 0) is 45.1 Å². The molecule has 18 heavy (non-hydrogen) atoms. The van der Waals surface area contributed by atoms with Crippen molar-refractivity contribution in [3.05, 3.63) is 24.0 Å². The fraction of sp³-hybridized carbons (Fsp3) is 0.643. The molecule has 0 atom stereocenters. The number of pyridine rings is 1. The largest absolute Gasteiger partial charge is 0.491 e. The topological polar surface area (TPSA) is 37.4 Å². The molecule has 0 unspecified atom stereocenters. The average molecular weight is 249 g/mol. The Morgan fingerprint density at radius 3 is 2.78 bits per heavy atom. The maximum absolute atomic E-state index is 5.72. The molecule has 2 heterocycles. The van der Waals surface area contributed by atoms with Crippen LogP contribution in [0.5, 0.6) is 5.75 Å². The molecule has 0 aromatic carbocycles. The lowest BCUT2D eigenvalue weighted by Gasteiger charge is -2.26. The van der Waals surface area contributed by atoms with Gasteiger partial charge in [-0.15, -0.1) is 0 Å². The van der Waals surface area contributed by atoms with Crippen LogP contribution < -0.4 is 10.1 Å². The Kier molecular flexibility index (Phi) is 5.42. The minimum absolute atomic E-state index is 0.757. The number of rotatable bonds is 6. The van der Waals surface area contributed by atoms with E-state index < -0.39 is 0 Å². The number of nitrogens with zero attached hydrogens (tertiary/aromatic N) is 2. The Morgan fingerprint density at radius 2 is 2.11 bits per heavy atom. The van der Waals surface area contributed by atoms with Crippen LogP contribution in [-0.2, 0) is 6.54 Å². The highest BCUT2D eigenvalue weighted by Gasteiger charge is 2.09. The summed E-state index contributed by atoms with van der Waals surface area (Å²) >= 11 is 0. The van der Waals surface area contributed by atoms with E-state index in [1.54, 1.807) is 0 Å². The second-order valence-electron chi connectivity index (χ2n) is 4.77. The Balaban J connectivity index is 1.69. The van der Waals surface area contributed by atoms with E-state index in [4.69, 9.17) is 4.74 Å². The molecule has 1 aromatic rings. The lowest BCUT2D eigenvalue weighted by atomic mass is 10.1. The summed E-state index contributed by atoms with van der Waals surface area (Å²) in [6, 6.07) is 4.00. The lowest BCUT2D eigenvalue weighted by molar-refractivity contribution is 0.183. The van der Waals surface area contributed by atoms with Crippen molar-refractivity contribution in [2.24, 2.45) is 0 Å². The van der Waals surface area contributed by atoms with Crippen molar-refractivity contribution in [2.75, 3.05) is 33.3 Å². The van der Waals surface area contributed by atoms with Gasteiger partial charge in [0.2, 0.25) is 0 Å². The van der Waals surface area contributed by atoms with E-state index in [1.807, 2.05) is 25.4 Å². The molecular weight excluding hydrogens is 226 g/mol. The van der Waals surface area contributed by atoms with E-state index in [2.05, 4.69) is 15.2 Å². The Morgan fingerprint density at radius 1 is 1.28 bits per heavy atom. The molecule has 1 fully saturated rings. The molecule has 1 N–H and O–H groups in total. The Bertz CT molecular complexity index is 333. The number of hydrogen-bond donors (Lipinski definition) is 1. The van der Waals surface area contributed by atoms with Gasteiger partial charge in [0.1, 0.15) is 12.4 Å². The summed E-state index contributed by atoms with van der Waals surface area (Å²) in [4.78, 5) is 6.81. The molecule has 0 spiro atoms. The first-order valence-electron chi connectivity index (χ1n) is 6.83. The normalized spacial score (nSPS) is 16.7. The highest BCUT2D eigenvalue weighted by molar-refractivity contribution is 5.19. The SMILES string of the molecule is CNCc1ccc(OCCN2CCCCC2)cn1. The summed E-state index contributed by atoms with van der Waals surface area (Å²) in [6.07, 6.45) is 5.86. The zero-order chi connectivity index (χ0) is 12.6. The summed E-state index contributed by atoms with van der Waals surface area (Å²) in [5, 5.41) is 3.08. The summed E-state index contributed by atoms with van der Waals surface area (Å²) in [5.41, 5.74) is 1.04. The van der Waals surface area contributed by atoms with Gasteiger partial charge in [0, 0.05) is 13.1 Å². The van der Waals surface area contributed by atoms with Crippen molar-refractivity contribution in [2.45, 2.75) is 25.8 Å². The molecule has 2 rings (SSSR count). The molecule has 1 aliphatic rings. The number of hydrogen-bond acceptors (Lipinski definition) is 4. The molecule has 1 saturated heterocycles. The first-order valence-corrected chi connectivity index (χ1v) is 6.83. The van der Waals surface area contributed by atoms with Crippen molar-refractivity contribution in [1.29, 1.82) is 0 Å². The van der Waals surface area contributed by atoms with Crippen LogP contribution in [0.1, 0.15) is 25.0 Å². The molecule has 1 aromatic heterocycles. The number of likely N-dealkylation sites (tertiary alicyclic amines) is 1. The lowest BCUT2D eigenvalue weighted by Crippen LogP contribution is -2.33. The molecule has 100 valence electrons. The molecule has 0 amide bonds. The van der Waals surface area contributed by atoms with Gasteiger partial charge in [-0.2, -0.15) is 0 Å². The van der Waals surface area contributed by atoms with Crippen LogP contribution in [0.25, 0.3) is 0 Å². The maximum Gasteiger partial charge on any atom is 0.137 e. The summed E-state index contributed by atoms with van der Waals surface area (Å²) in [7, 11) is 1.92. The molecular formula is C14H23N3O. The maximum atomic E-state index is 5.72. The first-order chi connectivity index (χ1) is 8.88. The zero-order valence-electron chi connectivity index (χ0n) is 11.2. The van der Waals surface area contributed by atoms with Crippen molar-refractivity contribution < 1.29 is 4.74 Å². The van der Waals surface area contributed by atoms with Gasteiger partial charge >= 0.3 is 0 Å². The third-order valence-electron chi connectivity index (χ3n) is 3.28. The van der Waals surface area contributed by atoms with E-state index >= 15 is 0 Å². The van der Waals surface area contributed by atoms with E-state index in [1.165, 1.54) is 32.4 Å². The average Bonchev–Trinajstić information content (AvgIpc) is 2.42. The molecule has 4 nitrogen and oxygen atoms in total. The second-order valence-corrected chi connectivity index (χ2v) is 4.77. The number of piperidine rings is 1. The molecule has 1 aliphatic heterocycles. The van der Waals surface area contributed by atoms with E-state index in [-0.39, 0.29) is 0 Å². The molecule has 0 saturated carbocycles. The minimum atomic E-state index is 0.757. The molecule has 0 radical (unpaired) electrons. The van der Waals surface area contributed by atoms with Crippen LogP contribution in [0.4, 0.5) is 0 Å². The third kappa shape index (κ3) is 4.27. The Labute approximate surface area is 109 Å². The van der Waals surface area contributed by atoms with Gasteiger partial charge in [-0.25, -0.2) is 0 Å². The van der Waals surface area contributed by atoms with E-state index in [9.17, 15) is 0 Å². The highest BCUT2D eigenvalue weighted by atomic mass is 16.5. The van der Waals surface area contributed by atoms with E-state index in [0.29, 0.717) is 0 Å². The predicted octanol–water partition coefficient (Wildman–Crippen LogP) is 1.67. The number of aromatic nitrogens is 1. The van der Waals surface area contributed by atoms with Gasteiger partial charge in [-0.1, -0.05) is 6.42 Å². The van der Waals surface area contributed by atoms with Gasteiger partial charge < -0.3 is 10.1 Å². The Hall–Kier alpha value is -1.13. The predicted molar refractivity (Wildman–Crippen MR) is 72.8 cm³/mol. The van der Waals surface area contributed by atoms with Gasteiger partial charge in [-0.3, -0.25) is 9.88 Å².